The maximum Gasteiger partial charge on any atom is 0.424 e. The van der Waals surface area contributed by atoms with Crippen molar-refractivity contribution >= 4 is 12.1 Å². The molecule has 6 heteroatoms. The number of nitrogens with zero attached hydrogens (tertiary/aromatic N) is 1. The first-order valence-corrected chi connectivity index (χ1v) is 6.48. The number of esters is 1. The van der Waals surface area contributed by atoms with Gasteiger partial charge in [-0.05, 0) is 12.0 Å². The molecule has 1 rings (SSSR count). The van der Waals surface area contributed by atoms with Gasteiger partial charge >= 0.3 is 12.1 Å². The highest BCUT2D eigenvalue weighted by atomic mass is 16.6. The molecule has 0 saturated carbocycles. The summed E-state index contributed by atoms with van der Waals surface area (Å²) in [5, 5.41) is 1.30. The van der Waals surface area contributed by atoms with Crippen LogP contribution in [0.15, 0.2) is 30.3 Å². The number of nitrogens with one attached hydrogen (secondary N) is 1. The van der Waals surface area contributed by atoms with Gasteiger partial charge in [-0.2, -0.15) is 0 Å². The summed E-state index contributed by atoms with van der Waals surface area (Å²) < 4.78 is 9.84. The maximum absolute atomic E-state index is 11.6. The van der Waals surface area contributed by atoms with Gasteiger partial charge in [-0.25, -0.2) is 20.0 Å². The predicted octanol–water partition coefficient (Wildman–Crippen LogP) is 1.71. The van der Waals surface area contributed by atoms with E-state index in [-0.39, 0.29) is 6.61 Å². The number of carbonyl (C=O) groups excluding carboxylic acids is 2. The molecule has 1 amide bonds. The minimum Gasteiger partial charge on any atom is -0.458 e. The van der Waals surface area contributed by atoms with E-state index < -0.39 is 18.7 Å². The second-order valence-electron chi connectivity index (χ2n) is 4.08. The Kier molecular flexibility index (Phi) is 7.13. The summed E-state index contributed by atoms with van der Waals surface area (Å²) in [6.07, 6.45) is 0.194. The number of rotatable bonds is 7. The molecule has 1 N–H and O–H groups in total. The van der Waals surface area contributed by atoms with Crippen molar-refractivity contribution in [3.05, 3.63) is 35.9 Å². The van der Waals surface area contributed by atoms with Crippen molar-refractivity contribution in [2.24, 2.45) is 0 Å². The van der Waals surface area contributed by atoms with Gasteiger partial charge < -0.3 is 9.47 Å². The molecule has 0 saturated heterocycles. The van der Waals surface area contributed by atoms with Gasteiger partial charge in [0.05, 0.1) is 0 Å². The van der Waals surface area contributed by atoms with Gasteiger partial charge in [0.15, 0.2) is 6.61 Å². The van der Waals surface area contributed by atoms with Crippen LogP contribution < -0.4 is 5.43 Å². The average Bonchev–Trinajstić information content (AvgIpc) is 2.49. The van der Waals surface area contributed by atoms with Crippen LogP contribution >= 0.6 is 0 Å². The van der Waals surface area contributed by atoms with E-state index >= 15 is 0 Å². The number of hydrogen-bond donors (Lipinski definition) is 1. The smallest absolute Gasteiger partial charge is 0.424 e. The maximum atomic E-state index is 11.6. The van der Waals surface area contributed by atoms with Crippen molar-refractivity contribution < 1.29 is 19.1 Å². The van der Waals surface area contributed by atoms with Crippen LogP contribution in [0.1, 0.15) is 18.9 Å². The molecule has 6 nitrogen and oxygen atoms in total. The molecule has 0 radical (unpaired) electrons. The molecule has 0 aliphatic carbocycles. The van der Waals surface area contributed by atoms with Gasteiger partial charge in [0.2, 0.25) is 0 Å². The number of amides is 1. The first kappa shape index (κ1) is 16.0. The summed E-state index contributed by atoms with van der Waals surface area (Å²) in [7, 11) is 1.62. The summed E-state index contributed by atoms with van der Waals surface area (Å²) in [6, 6.07) is 9.30. The van der Waals surface area contributed by atoms with Crippen LogP contribution in [0.4, 0.5) is 4.79 Å². The van der Waals surface area contributed by atoms with E-state index in [0.717, 1.165) is 12.0 Å². The molecule has 0 spiro atoms. The van der Waals surface area contributed by atoms with Crippen molar-refractivity contribution in [1.29, 1.82) is 0 Å². The minimum absolute atomic E-state index is 0.169. The lowest BCUT2D eigenvalue weighted by Gasteiger charge is -2.19. The SMILES string of the molecule is CCCN(NC)C(=O)OCC(=O)OCc1ccccc1. The zero-order valence-corrected chi connectivity index (χ0v) is 11.8. The summed E-state index contributed by atoms with van der Waals surface area (Å²) >= 11 is 0. The van der Waals surface area contributed by atoms with Crippen LogP contribution in [0.5, 0.6) is 0 Å². The second kappa shape index (κ2) is 8.92. The van der Waals surface area contributed by atoms with Gasteiger partial charge in [0.25, 0.3) is 0 Å². The molecule has 1 aromatic rings. The third-order valence-electron chi connectivity index (χ3n) is 2.49. The van der Waals surface area contributed by atoms with E-state index in [2.05, 4.69) is 5.43 Å². The molecule has 110 valence electrons. The Labute approximate surface area is 118 Å². The lowest BCUT2D eigenvalue weighted by molar-refractivity contribution is -0.148. The van der Waals surface area contributed by atoms with E-state index in [1.807, 2.05) is 37.3 Å². The molecule has 0 aliphatic heterocycles. The highest BCUT2D eigenvalue weighted by Gasteiger charge is 2.14. The summed E-state index contributed by atoms with van der Waals surface area (Å²) in [5.41, 5.74) is 3.58. The van der Waals surface area contributed by atoms with Crippen molar-refractivity contribution in [2.75, 3.05) is 20.2 Å². The Morgan fingerprint density at radius 1 is 1.20 bits per heavy atom. The first-order chi connectivity index (χ1) is 9.67. The van der Waals surface area contributed by atoms with Crippen molar-refractivity contribution in [3.63, 3.8) is 0 Å². The molecule has 1 aromatic carbocycles. The largest absolute Gasteiger partial charge is 0.458 e. The molecule has 0 bridgehead atoms. The highest BCUT2D eigenvalue weighted by molar-refractivity contribution is 5.75. The Bertz CT molecular complexity index is 422. The molecule has 0 atom stereocenters. The van der Waals surface area contributed by atoms with E-state index in [4.69, 9.17) is 9.47 Å². The average molecular weight is 280 g/mol. The van der Waals surface area contributed by atoms with Gasteiger partial charge in [0.1, 0.15) is 6.61 Å². The van der Waals surface area contributed by atoms with Crippen LogP contribution in [0.3, 0.4) is 0 Å². The van der Waals surface area contributed by atoms with E-state index in [0.29, 0.717) is 6.54 Å². The summed E-state index contributed by atoms with van der Waals surface area (Å²) in [6.45, 7) is 2.22. The zero-order valence-electron chi connectivity index (χ0n) is 11.8. The lowest BCUT2D eigenvalue weighted by atomic mass is 10.2. The number of ether oxygens (including phenoxy) is 2. The Morgan fingerprint density at radius 2 is 1.90 bits per heavy atom. The lowest BCUT2D eigenvalue weighted by Crippen LogP contribution is -2.42. The summed E-state index contributed by atoms with van der Waals surface area (Å²) in [5.74, 6) is -0.574. The first-order valence-electron chi connectivity index (χ1n) is 6.48. The van der Waals surface area contributed by atoms with Crippen LogP contribution in [-0.2, 0) is 20.9 Å². The Hall–Kier alpha value is -2.08. The second-order valence-corrected chi connectivity index (χ2v) is 4.08. The zero-order chi connectivity index (χ0) is 14.8. The van der Waals surface area contributed by atoms with Crippen LogP contribution in [0, 0.1) is 0 Å². The van der Waals surface area contributed by atoms with Gasteiger partial charge in [-0.1, -0.05) is 37.3 Å². The predicted molar refractivity (Wildman–Crippen MR) is 73.6 cm³/mol. The number of carbonyl (C=O) groups is 2. The number of hydrogen-bond acceptors (Lipinski definition) is 5. The monoisotopic (exact) mass is 280 g/mol. The van der Waals surface area contributed by atoms with E-state index in [1.165, 1.54) is 5.01 Å². The normalized spacial score (nSPS) is 9.90. The Morgan fingerprint density at radius 3 is 2.50 bits per heavy atom. The topological polar surface area (TPSA) is 67.9 Å². The van der Waals surface area contributed by atoms with Crippen molar-refractivity contribution in [1.82, 2.24) is 10.4 Å². The Balaban J connectivity index is 2.27. The molecule has 0 aromatic heterocycles. The van der Waals surface area contributed by atoms with Crippen LogP contribution in [0.2, 0.25) is 0 Å². The van der Waals surface area contributed by atoms with E-state index in [9.17, 15) is 9.59 Å². The third-order valence-corrected chi connectivity index (χ3v) is 2.49. The molecular formula is C14H20N2O4. The fourth-order valence-corrected chi connectivity index (χ4v) is 1.50. The van der Waals surface area contributed by atoms with Crippen molar-refractivity contribution in [2.45, 2.75) is 20.0 Å². The van der Waals surface area contributed by atoms with Crippen molar-refractivity contribution in [3.8, 4) is 0 Å². The summed E-state index contributed by atoms with van der Waals surface area (Å²) in [4.78, 5) is 23.0. The molecular weight excluding hydrogens is 260 g/mol. The van der Waals surface area contributed by atoms with Gasteiger partial charge in [0, 0.05) is 13.6 Å². The third kappa shape index (κ3) is 5.71. The number of hydrazine groups is 1. The van der Waals surface area contributed by atoms with Crippen LogP contribution in [-0.4, -0.2) is 37.3 Å². The molecule has 0 aliphatic rings. The molecule has 0 heterocycles. The standard InChI is InChI=1S/C14H20N2O4/c1-3-9-16(15-2)14(18)20-11-13(17)19-10-12-7-5-4-6-8-12/h4-8,15H,3,9-11H2,1-2H3. The molecule has 0 unspecified atom stereocenters. The fourth-order valence-electron chi connectivity index (χ4n) is 1.50. The fraction of sp³-hybridized carbons (Fsp3) is 0.429. The molecule has 20 heavy (non-hydrogen) atoms. The van der Waals surface area contributed by atoms with Crippen LogP contribution in [0.25, 0.3) is 0 Å². The number of benzene rings is 1. The van der Waals surface area contributed by atoms with Gasteiger partial charge in [-0.3, -0.25) is 0 Å². The van der Waals surface area contributed by atoms with E-state index in [1.54, 1.807) is 7.05 Å². The van der Waals surface area contributed by atoms with Gasteiger partial charge in [-0.15, -0.1) is 0 Å². The quantitative estimate of drug-likeness (QED) is 0.608. The minimum atomic E-state index is -0.592. The molecule has 0 fully saturated rings. The highest BCUT2D eigenvalue weighted by Crippen LogP contribution is 2.01.